The monoisotopic (exact) mass is 377 g/mol. The highest BCUT2D eigenvalue weighted by molar-refractivity contribution is 5.28. The number of aromatic nitrogens is 4. The summed E-state index contributed by atoms with van der Waals surface area (Å²) in [5.74, 6) is 0.913. The average molecular weight is 378 g/mol. The van der Waals surface area contributed by atoms with E-state index >= 15 is 0 Å². The summed E-state index contributed by atoms with van der Waals surface area (Å²) in [6.07, 6.45) is 12.9. The minimum atomic E-state index is 0.913. The lowest BCUT2D eigenvalue weighted by Gasteiger charge is -2.00. The molecular weight excluding hydrogens is 344 g/mol. The second-order valence-electron chi connectivity index (χ2n) is 7.44. The highest BCUT2D eigenvalue weighted by atomic mass is 15.7. The first-order chi connectivity index (χ1) is 13.9. The van der Waals surface area contributed by atoms with Crippen LogP contribution in [0.2, 0.25) is 0 Å². The van der Waals surface area contributed by atoms with E-state index in [-0.39, 0.29) is 0 Å². The molecule has 0 bridgehead atoms. The molecule has 0 amide bonds. The van der Waals surface area contributed by atoms with Crippen molar-refractivity contribution in [3.8, 4) is 11.4 Å². The molecule has 1 heterocycles. The maximum Gasteiger partial charge on any atom is 0.309 e. The third-order valence-electron chi connectivity index (χ3n) is 5.08. The van der Waals surface area contributed by atoms with Gasteiger partial charge >= 0.3 is 5.82 Å². The third kappa shape index (κ3) is 6.01. The Morgan fingerprint density at radius 1 is 0.714 bits per heavy atom. The van der Waals surface area contributed by atoms with Crippen LogP contribution in [0, 0.1) is 0 Å². The topological polar surface area (TPSA) is 34.6 Å². The molecule has 0 aliphatic carbocycles. The Morgan fingerprint density at radius 3 is 1.93 bits per heavy atom. The van der Waals surface area contributed by atoms with Crippen molar-refractivity contribution < 1.29 is 4.80 Å². The maximum absolute atomic E-state index is 4.79. The minimum Gasteiger partial charge on any atom is -0.0654 e. The van der Waals surface area contributed by atoms with Gasteiger partial charge in [0.1, 0.15) is 5.69 Å². The van der Waals surface area contributed by atoms with Gasteiger partial charge in [0.05, 0.1) is 5.10 Å². The fraction of sp³-hybridized carbons (Fsp3) is 0.458. The van der Waals surface area contributed by atoms with Crippen LogP contribution in [-0.2, 0) is 6.42 Å². The van der Waals surface area contributed by atoms with E-state index in [2.05, 4.69) is 31.2 Å². The van der Waals surface area contributed by atoms with E-state index in [1.54, 1.807) is 0 Å². The molecule has 0 aliphatic heterocycles. The van der Waals surface area contributed by atoms with Crippen molar-refractivity contribution >= 4 is 0 Å². The van der Waals surface area contributed by atoms with E-state index in [4.69, 9.17) is 10.2 Å². The molecule has 0 N–H and O–H groups in total. The van der Waals surface area contributed by atoms with Gasteiger partial charge in [-0.3, -0.25) is 0 Å². The molecule has 0 spiro atoms. The molecule has 2 aromatic carbocycles. The van der Waals surface area contributed by atoms with E-state index in [0.717, 1.165) is 30.0 Å². The smallest absolute Gasteiger partial charge is 0.0654 e. The van der Waals surface area contributed by atoms with Gasteiger partial charge in [-0.15, -0.1) is 0 Å². The van der Waals surface area contributed by atoms with Gasteiger partial charge < -0.3 is 0 Å². The third-order valence-corrected chi connectivity index (χ3v) is 5.08. The van der Waals surface area contributed by atoms with E-state index in [1.165, 1.54) is 51.4 Å². The summed E-state index contributed by atoms with van der Waals surface area (Å²) in [5, 5.41) is 9.59. The first-order valence-corrected chi connectivity index (χ1v) is 10.9. The molecule has 0 unspecified atom stereocenters. The van der Waals surface area contributed by atoms with E-state index in [9.17, 15) is 0 Å². The number of benzene rings is 2. The van der Waals surface area contributed by atoms with Crippen LogP contribution in [0.25, 0.3) is 11.4 Å². The van der Waals surface area contributed by atoms with Gasteiger partial charge in [-0.25, -0.2) is 0 Å². The highest BCUT2D eigenvalue weighted by Gasteiger charge is 2.21. The Kier molecular flexibility index (Phi) is 8.23. The zero-order valence-electron chi connectivity index (χ0n) is 17.1. The Morgan fingerprint density at radius 2 is 1.29 bits per heavy atom. The minimum absolute atomic E-state index is 0.913. The molecule has 0 fully saturated rings. The molecule has 0 aliphatic rings. The molecule has 148 valence electrons. The van der Waals surface area contributed by atoms with Gasteiger partial charge in [0, 0.05) is 11.2 Å². The Hall–Kier alpha value is -2.49. The van der Waals surface area contributed by atoms with Crippen LogP contribution < -0.4 is 4.80 Å². The van der Waals surface area contributed by atoms with Crippen LogP contribution in [0.5, 0.6) is 0 Å². The molecule has 0 saturated heterocycles. The molecular formula is C24H33N4+. The predicted molar refractivity (Wildman–Crippen MR) is 114 cm³/mol. The summed E-state index contributed by atoms with van der Waals surface area (Å²) in [6.45, 7) is 2.27. The second-order valence-corrected chi connectivity index (χ2v) is 7.44. The lowest BCUT2D eigenvalue weighted by atomic mass is 10.1. The second kappa shape index (κ2) is 11.4. The molecule has 28 heavy (non-hydrogen) atoms. The van der Waals surface area contributed by atoms with E-state index in [0.29, 0.717) is 0 Å². The SMILES string of the molecule is CCCCCCCCCCCc1nn(-c2ccccc2)[n+](-c2ccccc2)n1. The summed E-state index contributed by atoms with van der Waals surface area (Å²) in [4.78, 5) is 3.80. The number of unbranched alkanes of at least 4 members (excludes halogenated alkanes) is 8. The fourth-order valence-electron chi connectivity index (χ4n) is 3.47. The van der Waals surface area contributed by atoms with E-state index < -0.39 is 0 Å². The van der Waals surface area contributed by atoms with Crippen LogP contribution in [0.4, 0.5) is 0 Å². The van der Waals surface area contributed by atoms with Crippen molar-refractivity contribution in [3.63, 3.8) is 0 Å². The van der Waals surface area contributed by atoms with Crippen molar-refractivity contribution in [3.05, 3.63) is 66.5 Å². The quantitative estimate of drug-likeness (QED) is 0.303. The molecule has 0 atom stereocenters. The standard InChI is InChI=1S/C24H33N4/c1-2-3-4-5-6-7-8-9-16-21-24-25-27(22-17-12-10-13-18-22)28(26-24)23-19-14-11-15-20-23/h10-15,17-20H,2-9,16,21H2,1H3/q+1. The number of para-hydroxylation sites is 2. The van der Waals surface area contributed by atoms with Gasteiger partial charge in [0.25, 0.3) is 0 Å². The molecule has 3 aromatic rings. The van der Waals surface area contributed by atoms with Crippen LogP contribution in [-0.4, -0.2) is 15.0 Å². The van der Waals surface area contributed by atoms with Crippen molar-refractivity contribution in [2.24, 2.45) is 0 Å². The summed E-state index contributed by atoms with van der Waals surface area (Å²) in [7, 11) is 0. The Labute approximate surface area is 169 Å². The Bertz CT molecular complexity index is 739. The largest absolute Gasteiger partial charge is 0.309 e. The van der Waals surface area contributed by atoms with E-state index in [1.807, 2.05) is 46.0 Å². The first-order valence-electron chi connectivity index (χ1n) is 10.9. The predicted octanol–water partition coefficient (Wildman–Crippen LogP) is 5.62. The van der Waals surface area contributed by atoms with Gasteiger partial charge in [0.15, 0.2) is 5.69 Å². The summed E-state index contributed by atoms with van der Waals surface area (Å²) in [6, 6.07) is 20.4. The van der Waals surface area contributed by atoms with Crippen molar-refractivity contribution in [1.29, 1.82) is 0 Å². The molecule has 4 nitrogen and oxygen atoms in total. The molecule has 4 heteroatoms. The van der Waals surface area contributed by atoms with Gasteiger partial charge in [-0.1, -0.05) is 94.7 Å². The van der Waals surface area contributed by atoms with Crippen molar-refractivity contribution in [2.45, 2.75) is 71.1 Å². The molecule has 3 rings (SSSR count). The Balaban J connectivity index is 1.56. The summed E-state index contributed by atoms with van der Waals surface area (Å²) in [5.41, 5.74) is 2.05. The van der Waals surface area contributed by atoms with Gasteiger partial charge in [0.2, 0.25) is 0 Å². The van der Waals surface area contributed by atoms with Gasteiger partial charge in [-0.2, -0.15) is 0 Å². The van der Waals surface area contributed by atoms with Crippen LogP contribution in [0.3, 0.4) is 0 Å². The number of nitrogens with zero attached hydrogens (tertiary/aromatic N) is 4. The first kappa shape index (κ1) is 20.2. The number of rotatable bonds is 12. The van der Waals surface area contributed by atoms with Crippen molar-refractivity contribution in [1.82, 2.24) is 15.0 Å². The molecule has 0 saturated carbocycles. The van der Waals surface area contributed by atoms with Gasteiger partial charge in [-0.05, 0) is 40.6 Å². The highest BCUT2D eigenvalue weighted by Crippen LogP contribution is 2.11. The zero-order chi connectivity index (χ0) is 19.4. The molecule has 0 radical (unpaired) electrons. The summed E-state index contributed by atoms with van der Waals surface area (Å²) >= 11 is 0. The lowest BCUT2D eigenvalue weighted by molar-refractivity contribution is -0.735. The van der Waals surface area contributed by atoms with Crippen LogP contribution in [0.15, 0.2) is 60.7 Å². The molecule has 1 aromatic heterocycles. The maximum atomic E-state index is 4.79. The lowest BCUT2D eigenvalue weighted by Crippen LogP contribution is -2.43. The number of tetrazole rings is 1. The average Bonchev–Trinajstić information content (AvgIpc) is 3.18. The number of hydrogen-bond donors (Lipinski definition) is 0. The number of aryl methyl sites for hydroxylation is 1. The number of hydrogen-bond acceptors (Lipinski definition) is 2. The van der Waals surface area contributed by atoms with Crippen LogP contribution in [0.1, 0.15) is 70.5 Å². The zero-order valence-corrected chi connectivity index (χ0v) is 17.1. The summed E-state index contributed by atoms with van der Waals surface area (Å²) < 4.78 is 0. The van der Waals surface area contributed by atoms with Crippen LogP contribution >= 0.6 is 0 Å². The van der Waals surface area contributed by atoms with Crippen molar-refractivity contribution in [2.75, 3.05) is 0 Å². The normalized spacial score (nSPS) is 11.0. The fourth-order valence-corrected chi connectivity index (χ4v) is 3.47.